The highest BCUT2D eigenvalue weighted by Gasteiger charge is 2.46. The van der Waals surface area contributed by atoms with E-state index in [0.717, 1.165) is 25.1 Å². The standard InChI is InChI=1S/C26H30N2O5/c1-2-15-33-21-10-6-9-20(18-21)23-22(24(29)19-7-4-3-5-8-19)25(30)26(31)28(23)12-11-27-13-16-32-17-14-27/h3-10,18,23,29H,2,11-17H2,1H3/t23-/m1/s1. The summed E-state index contributed by atoms with van der Waals surface area (Å²) in [4.78, 5) is 30.1. The van der Waals surface area contributed by atoms with E-state index in [9.17, 15) is 14.7 Å². The first-order valence-corrected chi connectivity index (χ1v) is 11.5. The number of hydrogen-bond acceptors (Lipinski definition) is 6. The third kappa shape index (κ3) is 5.10. The number of ketones is 1. The summed E-state index contributed by atoms with van der Waals surface area (Å²) in [6.45, 7) is 6.51. The Kier molecular flexibility index (Phi) is 7.42. The van der Waals surface area contributed by atoms with E-state index >= 15 is 0 Å². The average Bonchev–Trinajstić information content (AvgIpc) is 3.12. The molecule has 2 aliphatic rings. The molecule has 2 heterocycles. The fraction of sp³-hybridized carbons (Fsp3) is 0.385. The first kappa shape index (κ1) is 23.0. The zero-order valence-corrected chi connectivity index (χ0v) is 18.9. The van der Waals surface area contributed by atoms with Crippen molar-refractivity contribution in [3.63, 3.8) is 0 Å². The number of carbonyl (C=O) groups is 2. The minimum Gasteiger partial charge on any atom is -0.507 e. The van der Waals surface area contributed by atoms with E-state index in [0.29, 0.717) is 44.2 Å². The molecule has 0 unspecified atom stereocenters. The molecule has 174 valence electrons. The highest BCUT2D eigenvalue weighted by atomic mass is 16.5. The maximum Gasteiger partial charge on any atom is 0.295 e. The number of carbonyl (C=O) groups excluding carboxylic acids is 2. The summed E-state index contributed by atoms with van der Waals surface area (Å²) in [5.41, 5.74) is 1.36. The van der Waals surface area contributed by atoms with Gasteiger partial charge in [-0.25, -0.2) is 0 Å². The minimum absolute atomic E-state index is 0.112. The largest absolute Gasteiger partial charge is 0.507 e. The van der Waals surface area contributed by atoms with Crippen molar-refractivity contribution in [3.05, 3.63) is 71.3 Å². The monoisotopic (exact) mass is 450 g/mol. The summed E-state index contributed by atoms with van der Waals surface area (Å²) in [6, 6.07) is 15.6. The lowest BCUT2D eigenvalue weighted by atomic mass is 9.95. The van der Waals surface area contributed by atoms with Crippen molar-refractivity contribution in [1.29, 1.82) is 0 Å². The number of amides is 1. The molecule has 1 amide bonds. The van der Waals surface area contributed by atoms with Gasteiger partial charge in [-0.05, 0) is 24.1 Å². The third-order valence-electron chi connectivity index (χ3n) is 5.99. The fourth-order valence-electron chi connectivity index (χ4n) is 4.28. The second-order valence-corrected chi connectivity index (χ2v) is 8.23. The number of Topliss-reactive ketones (excluding diaryl/α,β-unsaturated/α-hetero) is 1. The highest BCUT2D eigenvalue weighted by Crippen LogP contribution is 2.40. The van der Waals surface area contributed by atoms with Gasteiger partial charge in [-0.1, -0.05) is 49.4 Å². The van der Waals surface area contributed by atoms with Crippen LogP contribution in [0, 0.1) is 0 Å². The number of benzene rings is 2. The lowest BCUT2D eigenvalue weighted by Gasteiger charge is -2.31. The molecule has 0 aromatic heterocycles. The molecule has 0 saturated carbocycles. The van der Waals surface area contributed by atoms with Crippen LogP contribution in [0.3, 0.4) is 0 Å². The first-order chi connectivity index (χ1) is 16.1. The molecule has 1 N–H and O–H groups in total. The van der Waals surface area contributed by atoms with Crippen LogP contribution in [0.25, 0.3) is 5.76 Å². The quantitative estimate of drug-likeness (QED) is 0.378. The van der Waals surface area contributed by atoms with Crippen LogP contribution in [-0.4, -0.2) is 72.6 Å². The lowest BCUT2D eigenvalue weighted by molar-refractivity contribution is -0.140. The minimum atomic E-state index is -0.684. The molecule has 0 bridgehead atoms. The Labute approximate surface area is 194 Å². The summed E-state index contributed by atoms with van der Waals surface area (Å²) >= 11 is 0. The van der Waals surface area contributed by atoms with Gasteiger partial charge in [0.25, 0.3) is 11.7 Å². The molecular weight excluding hydrogens is 420 g/mol. The summed E-state index contributed by atoms with van der Waals surface area (Å²) in [5, 5.41) is 11.1. The van der Waals surface area contributed by atoms with Crippen molar-refractivity contribution in [2.45, 2.75) is 19.4 Å². The summed E-state index contributed by atoms with van der Waals surface area (Å²) < 4.78 is 11.2. The Hall–Kier alpha value is -3.16. The number of hydrogen-bond donors (Lipinski definition) is 1. The number of likely N-dealkylation sites (tertiary alicyclic amines) is 1. The van der Waals surface area contributed by atoms with Gasteiger partial charge in [0.15, 0.2) is 0 Å². The molecule has 7 nitrogen and oxygen atoms in total. The van der Waals surface area contributed by atoms with Gasteiger partial charge in [-0.15, -0.1) is 0 Å². The fourth-order valence-corrected chi connectivity index (χ4v) is 4.28. The van der Waals surface area contributed by atoms with Crippen LogP contribution in [0.5, 0.6) is 5.75 Å². The molecule has 0 aliphatic carbocycles. The Morgan fingerprint density at radius 1 is 1.06 bits per heavy atom. The van der Waals surface area contributed by atoms with Gasteiger partial charge < -0.3 is 19.5 Å². The van der Waals surface area contributed by atoms with Gasteiger partial charge in [0, 0.05) is 31.7 Å². The number of ether oxygens (including phenoxy) is 2. The Morgan fingerprint density at radius 2 is 1.82 bits per heavy atom. The molecule has 7 heteroatoms. The van der Waals surface area contributed by atoms with Gasteiger partial charge >= 0.3 is 0 Å². The second kappa shape index (κ2) is 10.6. The molecule has 2 aromatic carbocycles. The maximum atomic E-state index is 13.1. The van der Waals surface area contributed by atoms with Crippen molar-refractivity contribution in [2.24, 2.45) is 0 Å². The molecule has 2 aliphatic heterocycles. The predicted molar refractivity (Wildman–Crippen MR) is 125 cm³/mol. The highest BCUT2D eigenvalue weighted by molar-refractivity contribution is 6.46. The van der Waals surface area contributed by atoms with Crippen LogP contribution in [0.4, 0.5) is 0 Å². The maximum absolute atomic E-state index is 13.1. The first-order valence-electron chi connectivity index (χ1n) is 11.5. The van der Waals surface area contributed by atoms with Crippen LogP contribution < -0.4 is 4.74 Å². The van der Waals surface area contributed by atoms with Gasteiger partial charge in [-0.2, -0.15) is 0 Å². The SMILES string of the molecule is CCCOc1cccc([C@@H]2C(=C(O)c3ccccc3)C(=O)C(=O)N2CCN2CCOCC2)c1. The second-order valence-electron chi connectivity index (χ2n) is 8.23. The molecule has 2 fully saturated rings. The van der Waals surface area contributed by atoms with Gasteiger partial charge in [0.2, 0.25) is 0 Å². The number of aliphatic hydroxyl groups excluding tert-OH is 1. The van der Waals surface area contributed by atoms with E-state index in [-0.39, 0.29) is 11.3 Å². The summed E-state index contributed by atoms with van der Waals surface area (Å²) in [7, 11) is 0. The van der Waals surface area contributed by atoms with Crippen molar-refractivity contribution in [3.8, 4) is 5.75 Å². The van der Waals surface area contributed by atoms with Crippen LogP contribution >= 0.6 is 0 Å². The van der Waals surface area contributed by atoms with E-state index in [2.05, 4.69) is 4.90 Å². The number of rotatable bonds is 8. The topological polar surface area (TPSA) is 79.3 Å². The van der Waals surface area contributed by atoms with Crippen LogP contribution in [0.2, 0.25) is 0 Å². The van der Waals surface area contributed by atoms with Gasteiger partial charge in [-0.3, -0.25) is 14.5 Å². The van der Waals surface area contributed by atoms with E-state index in [4.69, 9.17) is 9.47 Å². The molecule has 4 rings (SSSR count). The van der Waals surface area contributed by atoms with Crippen LogP contribution in [0.15, 0.2) is 60.2 Å². The molecule has 2 aromatic rings. The van der Waals surface area contributed by atoms with Gasteiger partial charge in [0.05, 0.1) is 31.4 Å². The van der Waals surface area contributed by atoms with Crippen molar-refractivity contribution in [1.82, 2.24) is 9.80 Å². The lowest BCUT2D eigenvalue weighted by Crippen LogP contribution is -2.42. The van der Waals surface area contributed by atoms with E-state index in [1.54, 1.807) is 29.2 Å². The predicted octanol–water partition coefficient (Wildman–Crippen LogP) is 3.23. The van der Waals surface area contributed by atoms with E-state index < -0.39 is 17.7 Å². The summed E-state index contributed by atoms with van der Waals surface area (Å²) in [5.74, 6) is -0.741. The summed E-state index contributed by atoms with van der Waals surface area (Å²) in [6.07, 6.45) is 0.871. The molecule has 2 saturated heterocycles. The normalized spacial score (nSPS) is 20.9. The van der Waals surface area contributed by atoms with Crippen molar-refractivity contribution in [2.75, 3.05) is 46.0 Å². The Morgan fingerprint density at radius 3 is 2.55 bits per heavy atom. The number of nitrogens with zero attached hydrogens (tertiary/aromatic N) is 2. The van der Waals surface area contributed by atoms with Crippen LogP contribution in [-0.2, 0) is 14.3 Å². The van der Waals surface area contributed by atoms with Crippen molar-refractivity contribution < 1.29 is 24.2 Å². The van der Waals surface area contributed by atoms with Crippen LogP contribution in [0.1, 0.15) is 30.5 Å². The molecular formula is C26H30N2O5. The third-order valence-corrected chi connectivity index (χ3v) is 5.99. The zero-order chi connectivity index (χ0) is 23.2. The Balaban J connectivity index is 1.72. The van der Waals surface area contributed by atoms with E-state index in [1.807, 2.05) is 37.3 Å². The zero-order valence-electron chi connectivity index (χ0n) is 18.9. The van der Waals surface area contributed by atoms with Crippen molar-refractivity contribution >= 4 is 17.4 Å². The number of aliphatic hydroxyl groups is 1. The average molecular weight is 451 g/mol. The smallest absolute Gasteiger partial charge is 0.295 e. The number of morpholine rings is 1. The molecule has 1 atom stereocenters. The molecule has 33 heavy (non-hydrogen) atoms. The molecule has 0 radical (unpaired) electrons. The van der Waals surface area contributed by atoms with Gasteiger partial charge in [0.1, 0.15) is 11.5 Å². The molecule has 0 spiro atoms. The Bertz CT molecular complexity index is 1010. The van der Waals surface area contributed by atoms with E-state index in [1.165, 1.54) is 0 Å².